The van der Waals surface area contributed by atoms with Gasteiger partial charge in [-0.3, -0.25) is 9.59 Å². The molecule has 0 saturated carbocycles. The van der Waals surface area contributed by atoms with Crippen LogP contribution in [-0.2, 0) is 9.53 Å². The highest BCUT2D eigenvalue weighted by Gasteiger charge is 2.27. The van der Waals surface area contributed by atoms with Gasteiger partial charge in [-0.1, -0.05) is 0 Å². The summed E-state index contributed by atoms with van der Waals surface area (Å²) in [6, 6.07) is 2.09. The van der Waals surface area contributed by atoms with Gasteiger partial charge in [0.15, 0.2) is 0 Å². The SMILES string of the molecule is CCN(CC)C(=O)c1sc(NC(=O)[C@H]2CCCO2)c(C#N)c1C. The van der Waals surface area contributed by atoms with E-state index in [1.165, 1.54) is 0 Å². The number of nitriles is 1. The fourth-order valence-corrected chi connectivity index (χ4v) is 3.70. The zero-order valence-corrected chi connectivity index (χ0v) is 14.5. The van der Waals surface area contributed by atoms with Crippen LogP contribution in [0.15, 0.2) is 0 Å². The first-order valence-corrected chi connectivity index (χ1v) is 8.60. The standard InChI is InChI=1S/C16H21N3O3S/c1-4-19(5-2)16(21)13-10(3)11(9-17)15(23-13)18-14(20)12-7-6-8-22-12/h12H,4-8H2,1-3H3,(H,18,20)/t12-/m1/s1. The van der Waals surface area contributed by atoms with Crippen molar-refractivity contribution in [2.24, 2.45) is 0 Å². The van der Waals surface area contributed by atoms with Crippen molar-refractivity contribution in [3.05, 3.63) is 16.0 Å². The molecule has 0 radical (unpaired) electrons. The molecule has 0 spiro atoms. The first-order valence-electron chi connectivity index (χ1n) is 7.78. The minimum atomic E-state index is -0.467. The van der Waals surface area contributed by atoms with Gasteiger partial charge in [-0.05, 0) is 39.2 Å². The number of hydrogen-bond acceptors (Lipinski definition) is 5. The van der Waals surface area contributed by atoms with Gasteiger partial charge in [-0.15, -0.1) is 11.3 Å². The summed E-state index contributed by atoms with van der Waals surface area (Å²) in [5.41, 5.74) is 0.980. The van der Waals surface area contributed by atoms with Crippen molar-refractivity contribution >= 4 is 28.2 Å². The van der Waals surface area contributed by atoms with E-state index in [-0.39, 0.29) is 11.8 Å². The van der Waals surface area contributed by atoms with E-state index in [0.29, 0.717) is 47.1 Å². The second-order valence-electron chi connectivity index (χ2n) is 5.34. The molecule has 1 aromatic heterocycles. The van der Waals surface area contributed by atoms with E-state index in [1.54, 1.807) is 11.8 Å². The third-order valence-corrected chi connectivity index (χ3v) is 5.16. The Bertz CT molecular complexity index is 638. The van der Waals surface area contributed by atoms with E-state index in [1.807, 2.05) is 13.8 Å². The largest absolute Gasteiger partial charge is 0.368 e. The molecule has 0 unspecified atom stereocenters. The number of anilines is 1. The average Bonchev–Trinajstić information content (AvgIpc) is 3.16. The van der Waals surface area contributed by atoms with Crippen molar-refractivity contribution in [3.8, 4) is 6.07 Å². The predicted octanol–water partition coefficient (Wildman–Crippen LogP) is 2.53. The lowest BCUT2D eigenvalue weighted by atomic mass is 10.1. The van der Waals surface area contributed by atoms with Crippen LogP contribution in [-0.4, -0.2) is 42.5 Å². The van der Waals surface area contributed by atoms with E-state index in [4.69, 9.17) is 4.74 Å². The summed E-state index contributed by atoms with van der Waals surface area (Å²) in [5.74, 6) is -0.353. The molecule has 2 rings (SSSR count). The van der Waals surface area contributed by atoms with Crippen molar-refractivity contribution in [3.63, 3.8) is 0 Å². The second-order valence-corrected chi connectivity index (χ2v) is 6.36. The number of amides is 2. The van der Waals surface area contributed by atoms with E-state index >= 15 is 0 Å². The number of nitrogens with zero attached hydrogens (tertiary/aromatic N) is 2. The van der Waals surface area contributed by atoms with Crippen molar-refractivity contribution in [1.82, 2.24) is 4.90 Å². The van der Waals surface area contributed by atoms with Crippen LogP contribution in [0.5, 0.6) is 0 Å². The Morgan fingerprint density at radius 2 is 2.13 bits per heavy atom. The molecule has 2 heterocycles. The van der Waals surface area contributed by atoms with Gasteiger partial charge in [0.1, 0.15) is 17.2 Å². The van der Waals surface area contributed by atoms with Crippen LogP contribution in [0.25, 0.3) is 0 Å². The van der Waals surface area contributed by atoms with Crippen LogP contribution < -0.4 is 5.32 Å². The molecule has 1 aliphatic heterocycles. The van der Waals surface area contributed by atoms with E-state index < -0.39 is 6.10 Å². The quantitative estimate of drug-likeness (QED) is 0.896. The zero-order chi connectivity index (χ0) is 17.0. The Labute approximate surface area is 140 Å². The van der Waals surface area contributed by atoms with Gasteiger partial charge in [0, 0.05) is 19.7 Å². The molecule has 1 aliphatic rings. The van der Waals surface area contributed by atoms with Gasteiger partial charge >= 0.3 is 0 Å². The maximum Gasteiger partial charge on any atom is 0.264 e. The Morgan fingerprint density at radius 3 is 2.65 bits per heavy atom. The van der Waals surface area contributed by atoms with Gasteiger partial charge in [0.25, 0.3) is 11.8 Å². The zero-order valence-electron chi connectivity index (χ0n) is 13.6. The molecule has 0 aromatic carbocycles. The van der Waals surface area contributed by atoms with Gasteiger partial charge in [-0.25, -0.2) is 0 Å². The van der Waals surface area contributed by atoms with Crippen molar-refractivity contribution < 1.29 is 14.3 Å². The maximum absolute atomic E-state index is 12.5. The normalized spacial score (nSPS) is 16.9. The molecule has 1 fully saturated rings. The third-order valence-electron chi connectivity index (χ3n) is 3.96. The molecule has 1 aromatic rings. The first-order chi connectivity index (χ1) is 11.0. The third kappa shape index (κ3) is 3.54. The van der Waals surface area contributed by atoms with E-state index in [9.17, 15) is 14.9 Å². The summed E-state index contributed by atoms with van der Waals surface area (Å²) in [6.45, 7) is 7.36. The number of ether oxygens (including phenoxy) is 1. The van der Waals surface area contributed by atoms with Gasteiger partial charge in [-0.2, -0.15) is 5.26 Å². The highest BCUT2D eigenvalue weighted by molar-refractivity contribution is 7.18. The summed E-state index contributed by atoms with van der Waals surface area (Å²) < 4.78 is 5.35. The van der Waals surface area contributed by atoms with Gasteiger partial charge < -0.3 is 15.0 Å². The summed E-state index contributed by atoms with van der Waals surface area (Å²) in [4.78, 5) is 26.9. The summed E-state index contributed by atoms with van der Waals surface area (Å²) in [7, 11) is 0. The monoisotopic (exact) mass is 335 g/mol. The molecule has 1 saturated heterocycles. The lowest BCUT2D eigenvalue weighted by Gasteiger charge is -2.17. The number of hydrogen-bond donors (Lipinski definition) is 1. The molecule has 7 heteroatoms. The molecule has 1 N–H and O–H groups in total. The molecule has 124 valence electrons. The van der Waals surface area contributed by atoms with Crippen LogP contribution in [0.4, 0.5) is 5.00 Å². The Hall–Kier alpha value is -1.91. The van der Waals surface area contributed by atoms with Crippen molar-refractivity contribution in [2.75, 3.05) is 25.0 Å². The molecule has 2 amide bonds. The van der Waals surface area contributed by atoms with Gasteiger partial charge in [0.2, 0.25) is 0 Å². The van der Waals surface area contributed by atoms with Crippen molar-refractivity contribution in [2.45, 2.75) is 39.7 Å². The lowest BCUT2D eigenvalue weighted by Crippen LogP contribution is -2.30. The summed E-state index contributed by atoms with van der Waals surface area (Å²) in [5, 5.41) is 12.6. The minimum Gasteiger partial charge on any atom is -0.368 e. The smallest absolute Gasteiger partial charge is 0.264 e. The predicted molar refractivity (Wildman–Crippen MR) is 88.6 cm³/mol. The molecule has 6 nitrogen and oxygen atoms in total. The fourth-order valence-electron chi connectivity index (χ4n) is 2.57. The lowest BCUT2D eigenvalue weighted by molar-refractivity contribution is -0.124. The summed E-state index contributed by atoms with van der Waals surface area (Å²) >= 11 is 1.16. The summed E-state index contributed by atoms with van der Waals surface area (Å²) in [6.07, 6.45) is 1.08. The van der Waals surface area contributed by atoms with Gasteiger partial charge in [0.05, 0.1) is 10.4 Å². The number of carbonyl (C=O) groups is 2. The molecule has 23 heavy (non-hydrogen) atoms. The molecule has 1 atom stereocenters. The highest BCUT2D eigenvalue weighted by atomic mass is 32.1. The topological polar surface area (TPSA) is 82.4 Å². The van der Waals surface area contributed by atoms with Crippen LogP contribution >= 0.6 is 11.3 Å². The minimum absolute atomic E-state index is 0.105. The average molecular weight is 335 g/mol. The number of rotatable bonds is 5. The Kier molecular flexibility index (Phi) is 5.74. The Morgan fingerprint density at radius 1 is 1.43 bits per heavy atom. The molecule has 0 aliphatic carbocycles. The van der Waals surface area contributed by atoms with E-state index in [2.05, 4.69) is 11.4 Å². The molecule has 0 bridgehead atoms. The molecular weight excluding hydrogens is 314 g/mol. The highest BCUT2D eigenvalue weighted by Crippen LogP contribution is 2.33. The fraction of sp³-hybridized carbons (Fsp3) is 0.562. The maximum atomic E-state index is 12.5. The van der Waals surface area contributed by atoms with Crippen LogP contribution in [0.3, 0.4) is 0 Å². The first kappa shape index (κ1) is 17.4. The van der Waals surface area contributed by atoms with Crippen molar-refractivity contribution in [1.29, 1.82) is 5.26 Å². The Balaban J connectivity index is 2.27. The van der Waals surface area contributed by atoms with Crippen LogP contribution in [0, 0.1) is 18.3 Å². The van der Waals surface area contributed by atoms with Crippen LogP contribution in [0.2, 0.25) is 0 Å². The number of carbonyl (C=O) groups excluding carboxylic acids is 2. The number of thiophene rings is 1. The second kappa shape index (κ2) is 7.57. The molecular formula is C16H21N3O3S. The van der Waals surface area contributed by atoms with E-state index in [0.717, 1.165) is 17.8 Å². The van der Waals surface area contributed by atoms with Crippen LogP contribution in [0.1, 0.15) is 47.5 Å². The number of nitrogens with one attached hydrogen (secondary N) is 1.